The maximum absolute atomic E-state index is 11.9. The minimum atomic E-state index is -1.37. The first-order valence-corrected chi connectivity index (χ1v) is 5.50. The second-order valence-corrected chi connectivity index (χ2v) is 4.22. The van der Waals surface area contributed by atoms with Crippen molar-refractivity contribution in [1.29, 1.82) is 0 Å². The third-order valence-electron chi connectivity index (χ3n) is 2.86. The van der Waals surface area contributed by atoms with Gasteiger partial charge >= 0.3 is 6.03 Å². The average Bonchev–Trinajstić information content (AvgIpc) is 2.31. The second kappa shape index (κ2) is 5.59. The highest BCUT2D eigenvalue weighted by Gasteiger charge is 2.48. The summed E-state index contributed by atoms with van der Waals surface area (Å²) >= 11 is 0. The van der Waals surface area contributed by atoms with Crippen LogP contribution in [0.3, 0.4) is 0 Å². The van der Waals surface area contributed by atoms with Crippen LogP contribution in [0.2, 0.25) is 0 Å². The van der Waals surface area contributed by atoms with Crippen LogP contribution >= 0.6 is 0 Å². The number of imide groups is 2. The first-order chi connectivity index (χ1) is 8.46. The minimum absolute atomic E-state index is 0.107. The highest BCUT2D eigenvalue weighted by Crippen LogP contribution is 2.31. The van der Waals surface area contributed by atoms with Crippen LogP contribution in [0.5, 0.6) is 0 Å². The fourth-order valence-corrected chi connectivity index (χ4v) is 1.69. The van der Waals surface area contributed by atoms with E-state index in [2.05, 4.69) is 17.2 Å². The lowest BCUT2D eigenvalue weighted by atomic mass is 9.77. The number of carbonyl (C=O) groups is 3. The number of aliphatic hydroxyl groups is 1. The number of rotatable bonds is 5. The molecule has 0 spiro atoms. The maximum Gasteiger partial charge on any atom is 0.328 e. The fourth-order valence-electron chi connectivity index (χ4n) is 1.69. The number of hydrogen-bond acceptors (Lipinski definition) is 4. The van der Waals surface area contributed by atoms with Crippen molar-refractivity contribution in [2.45, 2.75) is 19.8 Å². The van der Waals surface area contributed by atoms with Crippen molar-refractivity contribution < 1.29 is 19.5 Å². The molecule has 0 radical (unpaired) electrons. The van der Waals surface area contributed by atoms with E-state index >= 15 is 0 Å². The van der Waals surface area contributed by atoms with Crippen LogP contribution in [0.1, 0.15) is 19.8 Å². The fraction of sp³-hybridized carbons (Fsp3) is 0.417. The van der Waals surface area contributed by atoms with Gasteiger partial charge in [0.2, 0.25) is 11.8 Å². The Bertz CT molecular complexity index is 406. The summed E-state index contributed by atoms with van der Waals surface area (Å²) < 4.78 is 0. The minimum Gasteiger partial charge on any atom is -0.392 e. The van der Waals surface area contributed by atoms with Crippen molar-refractivity contribution in [3.8, 4) is 0 Å². The number of nitrogens with one attached hydrogen (secondary N) is 2. The van der Waals surface area contributed by atoms with E-state index < -0.39 is 23.3 Å². The van der Waals surface area contributed by atoms with Crippen molar-refractivity contribution in [3.05, 3.63) is 24.3 Å². The van der Waals surface area contributed by atoms with Gasteiger partial charge in [0.05, 0.1) is 6.61 Å². The molecule has 1 saturated heterocycles. The van der Waals surface area contributed by atoms with E-state index in [0.717, 1.165) is 0 Å². The standard InChI is InChI=1S/C12H16N2O4/c1-3-5-12(6-4-8(2)7-15)9(16)13-11(18)14-10(12)17/h3-4,15H,1,5-7H2,2H3,(H2,13,14,16,17,18)/b8-4+. The molecule has 3 N–H and O–H groups in total. The van der Waals surface area contributed by atoms with Gasteiger partial charge in [-0.2, -0.15) is 0 Å². The summed E-state index contributed by atoms with van der Waals surface area (Å²) in [5, 5.41) is 13.1. The zero-order chi connectivity index (χ0) is 13.8. The van der Waals surface area contributed by atoms with Crippen molar-refractivity contribution in [2.75, 3.05) is 6.61 Å². The molecule has 1 heterocycles. The molecule has 18 heavy (non-hydrogen) atoms. The van der Waals surface area contributed by atoms with Crippen molar-refractivity contribution in [1.82, 2.24) is 10.6 Å². The Labute approximate surface area is 105 Å². The molecule has 1 fully saturated rings. The molecule has 0 atom stereocenters. The predicted octanol–water partition coefficient (Wildman–Crippen LogP) is 0.244. The SMILES string of the molecule is C=CCC1(C/C=C(\C)CO)C(=O)NC(=O)NC1=O. The van der Waals surface area contributed by atoms with Crippen LogP contribution in [-0.4, -0.2) is 29.6 Å². The zero-order valence-electron chi connectivity index (χ0n) is 10.2. The maximum atomic E-state index is 11.9. The molecule has 1 rings (SSSR count). The smallest absolute Gasteiger partial charge is 0.328 e. The molecule has 0 aromatic rings. The number of allylic oxidation sites excluding steroid dienone is 2. The largest absolute Gasteiger partial charge is 0.392 e. The molecule has 0 saturated carbocycles. The number of amides is 4. The molecule has 4 amide bonds. The molecule has 6 nitrogen and oxygen atoms in total. The van der Waals surface area contributed by atoms with Crippen LogP contribution in [0.15, 0.2) is 24.3 Å². The zero-order valence-corrected chi connectivity index (χ0v) is 10.2. The number of hydrogen-bond donors (Lipinski definition) is 3. The number of aliphatic hydroxyl groups excluding tert-OH is 1. The molecule has 0 aromatic carbocycles. The molecule has 6 heteroatoms. The van der Waals surface area contributed by atoms with E-state index in [0.29, 0.717) is 5.57 Å². The normalized spacial score (nSPS) is 19.2. The third-order valence-corrected chi connectivity index (χ3v) is 2.86. The lowest BCUT2D eigenvalue weighted by Gasteiger charge is -2.32. The van der Waals surface area contributed by atoms with Crippen LogP contribution in [-0.2, 0) is 9.59 Å². The quantitative estimate of drug-likeness (QED) is 0.482. The van der Waals surface area contributed by atoms with Gasteiger partial charge in [0.15, 0.2) is 0 Å². The Balaban J connectivity index is 3.05. The van der Waals surface area contributed by atoms with Gasteiger partial charge < -0.3 is 5.11 Å². The molecule has 0 aromatic heterocycles. The molecule has 98 valence electrons. The molecule has 0 aliphatic carbocycles. The predicted molar refractivity (Wildman–Crippen MR) is 64.4 cm³/mol. The Hall–Kier alpha value is -1.95. The van der Waals surface area contributed by atoms with Gasteiger partial charge in [0.1, 0.15) is 5.41 Å². The number of barbiturate groups is 1. The number of carbonyl (C=O) groups excluding carboxylic acids is 3. The van der Waals surface area contributed by atoms with Crippen molar-refractivity contribution in [2.24, 2.45) is 5.41 Å². The van der Waals surface area contributed by atoms with E-state index in [1.165, 1.54) is 6.08 Å². The lowest BCUT2D eigenvalue weighted by Crippen LogP contribution is -2.62. The Kier molecular flexibility index (Phi) is 4.38. The summed E-state index contributed by atoms with van der Waals surface area (Å²) in [5.74, 6) is -1.28. The second-order valence-electron chi connectivity index (χ2n) is 4.22. The number of urea groups is 1. The first kappa shape index (κ1) is 14.1. The van der Waals surface area contributed by atoms with Crippen LogP contribution in [0.4, 0.5) is 4.79 Å². The van der Waals surface area contributed by atoms with Crippen molar-refractivity contribution in [3.63, 3.8) is 0 Å². The lowest BCUT2D eigenvalue weighted by molar-refractivity contribution is -0.144. The molecule has 0 bridgehead atoms. The van der Waals surface area contributed by atoms with E-state index in [9.17, 15) is 14.4 Å². The molecule has 1 aliphatic heterocycles. The average molecular weight is 252 g/mol. The summed E-state index contributed by atoms with van der Waals surface area (Å²) in [5.41, 5.74) is -0.720. The summed E-state index contributed by atoms with van der Waals surface area (Å²) in [6.07, 6.45) is 3.29. The highest BCUT2D eigenvalue weighted by atomic mass is 16.3. The molecule has 0 unspecified atom stereocenters. The van der Waals surface area contributed by atoms with Crippen LogP contribution < -0.4 is 10.6 Å². The Morgan fingerprint density at radius 1 is 1.28 bits per heavy atom. The van der Waals surface area contributed by atoms with Gasteiger partial charge in [-0.3, -0.25) is 20.2 Å². The van der Waals surface area contributed by atoms with Crippen molar-refractivity contribution >= 4 is 17.8 Å². The topological polar surface area (TPSA) is 95.5 Å². The van der Waals surface area contributed by atoms with Gasteiger partial charge in [-0.05, 0) is 19.8 Å². The summed E-state index contributed by atoms with van der Waals surface area (Å²) in [4.78, 5) is 34.8. The summed E-state index contributed by atoms with van der Waals surface area (Å²) in [6.45, 7) is 5.06. The van der Waals surface area contributed by atoms with E-state index in [4.69, 9.17) is 5.11 Å². The summed E-state index contributed by atoms with van der Waals surface area (Å²) in [7, 11) is 0. The van der Waals surface area contributed by atoms with Gasteiger partial charge in [0.25, 0.3) is 0 Å². The Morgan fingerprint density at radius 3 is 2.28 bits per heavy atom. The molecule has 1 aliphatic rings. The Morgan fingerprint density at radius 2 is 1.83 bits per heavy atom. The van der Waals surface area contributed by atoms with E-state index in [1.54, 1.807) is 13.0 Å². The van der Waals surface area contributed by atoms with Gasteiger partial charge in [-0.1, -0.05) is 17.7 Å². The monoisotopic (exact) mass is 252 g/mol. The molecular weight excluding hydrogens is 236 g/mol. The third kappa shape index (κ3) is 2.65. The van der Waals surface area contributed by atoms with Gasteiger partial charge in [-0.15, -0.1) is 6.58 Å². The first-order valence-electron chi connectivity index (χ1n) is 5.50. The van der Waals surface area contributed by atoms with E-state index in [-0.39, 0.29) is 19.4 Å². The van der Waals surface area contributed by atoms with Gasteiger partial charge in [-0.25, -0.2) is 4.79 Å². The highest BCUT2D eigenvalue weighted by molar-refractivity contribution is 6.19. The molecular formula is C12H16N2O4. The van der Waals surface area contributed by atoms with Crippen LogP contribution in [0, 0.1) is 5.41 Å². The van der Waals surface area contributed by atoms with E-state index in [1.807, 2.05) is 0 Å². The van der Waals surface area contributed by atoms with Gasteiger partial charge in [0, 0.05) is 0 Å². The summed E-state index contributed by atoms with van der Waals surface area (Å²) in [6, 6.07) is -0.812. The van der Waals surface area contributed by atoms with Crippen LogP contribution in [0.25, 0.3) is 0 Å².